The van der Waals surface area contributed by atoms with Gasteiger partial charge in [0.05, 0.1) is 6.61 Å². The third-order valence-corrected chi connectivity index (χ3v) is 5.89. The average Bonchev–Trinajstić information content (AvgIpc) is 2.80. The van der Waals surface area contributed by atoms with Crippen molar-refractivity contribution in [1.82, 2.24) is 0 Å². The summed E-state index contributed by atoms with van der Waals surface area (Å²) < 4.78 is 25.8. The van der Waals surface area contributed by atoms with Crippen LogP contribution in [0.5, 0.6) is 17.2 Å². The zero-order chi connectivity index (χ0) is 22.8. The highest BCUT2D eigenvalue weighted by Gasteiger charge is 2.20. The summed E-state index contributed by atoms with van der Waals surface area (Å²) in [6, 6.07) is 23.0. The quantitative estimate of drug-likeness (QED) is 0.266. The molecule has 0 aromatic heterocycles. The minimum Gasteiger partial charge on any atom is -0.494 e. The van der Waals surface area contributed by atoms with Gasteiger partial charge < -0.3 is 9.47 Å². The molecule has 0 saturated heterocycles. The van der Waals surface area contributed by atoms with E-state index < -0.39 is 0 Å². The van der Waals surface area contributed by atoms with Crippen molar-refractivity contribution in [3.8, 4) is 17.2 Å². The first-order valence-electron chi connectivity index (χ1n) is 11.7. The number of halogens is 1. The van der Waals surface area contributed by atoms with E-state index >= 15 is 0 Å². The molecule has 0 bridgehead atoms. The van der Waals surface area contributed by atoms with E-state index in [4.69, 9.17) is 9.47 Å². The van der Waals surface area contributed by atoms with Crippen LogP contribution in [0.4, 0.5) is 4.39 Å². The van der Waals surface area contributed by atoms with Gasteiger partial charge in [-0.2, -0.15) is 0 Å². The minimum absolute atomic E-state index is 0.0597. The topological polar surface area (TPSA) is 18.5 Å². The first-order chi connectivity index (χ1) is 15.5. The highest BCUT2D eigenvalue weighted by atomic mass is 19.1. The van der Waals surface area contributed by atoms with E-state index in [9.17, 15) is 4.39 Å². The molecule has 2 nitrogen and oxygen atoms in total. The summed E-state index contributed by atoms with van der Waals surface area (Å²) in [6.07, 6.45) is 6.45. The average molecular weight is 435 g/mol. The van der Waals surface area contributed by atoms with Crippen LogP contribution in [-0.2, 0) is 11.8 Å². The van der Waals surface area contributed by atoms with Crippen LogP contribution in [0.3, 0.4) is 0 Å². The normalized spacial score (nSPS) is 11.4. The Labute approximate surface area is 192 Å². The Bertz CT molecular complexity index is 949. The molecule has 3 rings (SSSR count). The van der Waals surface area contributed by atoms with E-state index in [1.54, 1.807) is 0 Å². The lowest BCUT2D eigenvalue weighted by Crippen LogP contribution is -2.17. The second kappa shape index (κ2) is 11.7. The first kappa shape index (κ1) is 23.8. The molecule has 3 heteroatoms. The van der Waals surface area contributed by atoms with E-state index in [0.29, 0.717) is 5.75 Å². The molecule has 170 valence electrons. The van der Waals surface area contributed by atoms with Gasteiger partial charge in [0, 0.05) is 0 Å². The standard InChI is InChI=1S/C29H35FO2/c1-4-5-9-21-31-25-17-15-24(16-18-25)29(2,3)20-10-11-23-14-19-27(30)28(22-23)32-26-12-7-6-8-13-26/h6-8,12-19,22H,4-5,9-11,20-21H2,1-3H3. The van der Waals surface area contributed by atoms with Crippen molar-refractivity contribution in [3.05, 3.63) is 89.7 Å². The van der Waals surface area contributed by atoms with Crippen LogP contribution in [0.15, 0.2) is 72.8 Å². The van der Waals surface area contributed by atoms with Gasteiger partial charge in [-0.1, -0.05) is 70.0 Å². The van der Waals surface area contributed by atoms with Gasteiger partial charge in [0.15, 0.2) is 11.6 Å². The fraction of sp³-hybridized carbons (Fsp3) is 0.379. The molecule has 3 aromatic rings. The Kier molecular flexibility index (Phi) is 8.72. The molecule has 0 spiro atoms. The number of rotatable bonds is 12. The minimum atomic E-state index is -0.338. The third-order valence-electron chi connectivity index (χ3n) is 5.89. The first-order valence-corrected chi connectivity index (χ1v) is 11.7. The Morgan fingerprint density at radius 3 is 2.28 bits per heavy atom. The number of hydrogen-bond donors (Lipinski definition) is 0. The maximum atomic E-state index is 14.2. The monoisotopic (exact) mass is 434 g/mol. The summed E-state index contributed by atoms with van der Waals surface area (Å²) in [7, 11) is 0. The van der Waals surface area contributed by atoms with Gasteiger partial charge in [0.25, 0.3) is 0 Å². The molecule has 0 atom stereocenters. The molecular weight excluding hydrogens is 399 g/mol. The molecule has 0 radical (unpaired) electrons. The maximum Gasteiger partial charge on any atom is 0.165 e. The van der Waals surface area contributed by atoms with Crippen molar-refractivity contribution in [2.24, 2.45) is 0 Å². The van der Waals surface area contributed by atoms with Crippen LogP contribution in [0.25, 0.3) is 0 Å². The maximum absolute atomic E-state index is 14.2. The number of ether oxygens (including phenoxy) is 2. The van der Waals surface area contributed by atoms with E-state index in [0.717, 1.165) is 43.6 Å². The van der Waals surface area contributed by atoms with Crippen molar-refractivity contribution in [1.29, 1.82) is 0 Å². The highest BCUT2D eigenvalue weighted by molar-refractivity contribution is 5.35. The molecule has 0 N–H and O–H groups in total. The Morgan fingerprint density at radius 1 is 0.812 bits per heavy atom. The van der Waals surface area contributed by atoms with Crippen molar-refractivity contribution in [3.63, 3.8) is 0 Å². The second-order valence-electron chi connectivity index (χ2n) is 9.00. The van der Waals surface area contributed by atoms with Crippen molar-refractivity contribution < 1.29 is 13.9 Å². The molecule has 0 amide bonds. The van der Waals surface area contributed by atoms with E-state index in [1.165, 1.54) is 24.5 Å². The number of benzene rings is 3. The van der Waals surface area contributed by atoms with E-state index in [2.05, 4.69) is 45.0 Å². The number of para-hydroxylation sites is 1. The molecule has 0 aliphatic carbocycles. The van der Waals surface area contributed by atoms with Crippen LogP contribution in [0.1, 0.15) is 64.0 Å². The van der Waals surface area contributed by atoms with Crippen molar-refractivity contribution in [2.45, 2.75) is 64.7 Å². The SMILES string of the molecule is CCCCCOc1ccc(C(C)(C)CCCc2ccc(F)c(Oc3ccccc3)c2)cc1. The van der Waals surface area contributed by atoms with Crippen molar-refractivity contribution in [2.75, 3.05) is 6.61 Å². The summed E-state index contributed by atoms with van der Waals surface area (Å²) >= 11 is 0. The summed E-state index contributed by atoms with van der Waals surface area (Å²) in [4.78, 5) is 0. The highest BCUT2D eigenvalue weighted by Crippen LogP contribution is 2.31. The van der Waals surface area contributed by atoms with Gasteiger partial charge in [0.2, 0.25) is 0 Å². The fourth-order valence-electron chi connectivity index (χ4n) is 3.82. The molecule has 0 heterocycles. The van der Waals surface area contributed by atoms with Gasteiger partial charge in [0.1, 0.15) is 11.5 Å². The van der Waals surface area contributed by atoms with Crippen LogP contribution >= 0.6 is 0 Å². The van der Waals surface area contributed by atoms with Crippen molar-refractivity contribution >= 4 is 0 Å². The summed E-state index contributed by atoms with van der Waals surface area (Å²) in [5.74, 6) is 1.53. The van der Waals surface area contributed by atoms with Crippen LogP contribution in [0, 0.1) is 5.82 Å². The summed E-state index contributed by atoms with van der Waals surface area (Å²) in [6.45, 7) is 7.53. The van der Waals surface area contributed by atoms with Gasteiger partial charge in [-0.3, -0.25) is 0 Å². The molecule has 32 heavy (non-hydrogen) atoms. The lowest BCUT2D eigenvalue weighted by atomic mass is 9.80. The Balaban J connectivity index is 1.53. The predicted octanol–water partition coefficient (Wildman–Crippen LogP) is 8.49. The second-order valence-corrected chi connectivity index (χ2v) is 9.00. The number of unbranched alkanes of at least 4 members (excludes halogenated alkanes) is 2. The third kappa shape index (κ3) is 7.12. The Hall–Kier alpha value is -2.81. The van der Waals surface area contributed by atoms with E-state index in [1.807, 2.05) is 42.5 Å². The molecule has 0 unspecified atom stereocenters. The molecule has 0 aliphatic heterocycles. The molecule has 0 aliphatic rings. The van der Waals surface area contributed by atoms with E-state index in [-0.39, 0.29) is 17.0 Å². The largest absolute Gasteiger partial charge is 0.494 e. The Morgan fingerprint density at radius 2 is 1.56 bits per heavy atom. The molecule has 0 fully saturated rings. The fourth-order valence-corrected chi connectivity index (χ4v) is 3.82. The van der Waals surface area contributed by atoms with Crippen LogP contribution in [-0.4, -0.2) is 6.61 Å². The number of hydrogen-bond acceptors (Lipinski definition) is 2. The smallest absolute Gasteiger partial charge is 0.165 e. The van der Waals surface area contributed by atoms with Crippen LogP contribution in [0.2, 0.25) is 0 Å². The molecule has 0 saturated carbocycles. The van der Waals surface area contributed by atoms with Gasteiger partial charge in [-0.15, -0.1) is 0 Å². The summed E-state index contributed by atoms with van der Waals surface area (Å²) in [5, 5.41) is 0. The lowest BCUT2D eigenvalue weighted by Gasteiger charge is -2.25. The zero-order valence-corrected chi connectivity index (χ0v) is 19.6. The molecular formula is C29H35FO2. The van der Waals surface area contributed by atoms with Crippen LogP contribution < -0.4 is 9.47 Å². The predicted molar refractivity (Wildman–Crippen MR) is 130 cm³/mol. The van der Waals surface area contributed by atoms with Gasteiger partial charge in [-0.25, -0.2) is 4.39 Å². The van der Waals surface area contributed by atoms with Gasteiger partial charge in [-0.05, 0) is 78.6 Å². The molecule has 3 aromatic carbocycles. The number of aryl methyl sites for hydroxylation is 1. The zero-order valence-electron chi connectivity index (χ0n) is 19.6. The van der Waals surface area contributed by atoms with Gasteiger partial charge >= 0.3 is 0 Å². The lowest BCUT2D eigenvalue weighted by molar-refractivity contribution is 0.306. The summed E-state index contributed by atoms with van der Waals surface area (Å²) in [5.41, 5.74) is 2.46.